The van der Waals surface area contributed by atoms with Crippen molar-refractivity contribution >= 4 is 11.6 Å². The number of carbonyl (C=O) groups is 1. The van der Waals surface area contributed by atoms with Crippen molar-refractivity contribution in [1.29, 1.82) is 0 Å². The van der Waals surface area contributed by atoms with Crippen LogP contribution in [0.5, 0.6) is 0 Å². The lowest BCUT2D eigenvalue weighted by molar-refractivity contribution is -0.118. The van der Waals surface area contributed by atoms with Crippen molar-refractivity contribution in [2.45, 2.75) is 39.0 Å². The van der Waals surface area contributed by atoms with Gasteiger partial charge in [-0.3, -0.25) is 4.79 Å². The van der Waals surface area contributed by atoms with Gasteiger partial charge >= 0.3 is 0 Å². The van der Waals surface area contributed by atoms with Crippen LogP contribution in [0.1, 0.15) is 43.2 Å². The van der Waals surface area contributed by atoms with Crippen molar-refractivity contribution < 1.29 is 9.90 Å². The average Bonchev–Trinajstić information content (AvgIpc) is 2.64. The highest BCUT2D eigenvalue weighted by Crippen LogP contribution is 2.24. The van der Waals surface area contributed by atoms with E-state index < -0.39 is 0 Å². The molecule has 3 heteroatoms. The Morgan fingerprint density at radius 1 is 1.30 bits per heavy atom. The number of anilines is 1. The molecule has 1 fully saturated rings. The molecule has 0 saturated carbocycles. The van der Waals surface area contributed by atoms with Crippen LogP contribution in [-0.2, 0) is 4.79 Å². The van der Waals surface area contributed by atoms with Crippen LogP contribution in [0.15, 0.2) is 18.2 Å². The van der Waals surface area contributed by atoms with E-state index in [1.54, 1.807) is 0 Å². The molecule has 1 saturated heterocycles. The van der Waals surface area contributed by atoms with Crippen molar-refractivity contribution in [2.75, 3.05) is 18.1 Å². The van der Waals surface area contributed by atoms with Crippen LogP contribution in [0.25, 0.3) is 0 Å². The second kappa shape index (κ2) is 7.12. The van der Waals surface area contributed by atoms with Crippen LogP contribution in [0.2, 0.25) is 0 Å². The minimum absolute atomic E-state index is 0.0896. The van der Waals surface area contributed by atoms with E-state index in [4.69, 9.17) is 5.11 Å². The van der Waals surface area contributed by atoms with Gasteiger partial charge in [0.2, 0.25) is 5.91 Å². The molecule has 1 aliphatic rings. The van der Waals surface area contributed by atoms with Gasteiger partial charge < -0.3 is 10.0 Å². The van der Waals surface area contributed by atoms with Gasteiger partial charge in [0.1, 0.15) is 0 Å². The van der Waals surface area contributed by atoms with E-state index >= 15 is 0 Å². The maximum absolute atomic E-state index is 12.1. The standard InChI is InChI=1S/C17H21NO2/c1-14-13-15(7-4-6-12-19)9-10-16(14)18-11-5-2-3-8-17(18)20/h9-10,13,19H,2-3,5-6,8,11-12H2,1H3. The second-order valence-electron chi connectivity index (χ2n) is 5.13. The van der Waals surface area contributed by atoms with Crippen molar-refractivity contribution in [3.8, 4) is 11.8 Å². The minimum atomic E-state index is 0.0896. The first-order valence-corrected chi connectivity index (χ1v) is 7.23. The van der Waals surface area contributed by atoms with Crippen molar-refractivity contribution in [2.24, 2.45) is 0 Å². The van der Waals surface area contributed by atoms with Gasteiger partial charge in [0, 0.05) is 30.6 Å². The summed E-state index contributed by atoms with van der Waals surface area (Å²) in [4.78, 5) is 14.0. The number of aryl methyl sites for hydroxylation is 1. The molecule has 0 radical (unpaired) electrons. The molecule has 1 N–H and O–H groups in total. The van der Waals surface area contributed by atoms with Crippen molar-refractivity contribution in [3.05, 3.63) is 29.3 Å². The number of hydrogen-bond donors (Lipinski definition) is 1. The lowest BCUT2D eigenvalue weighted by Crippen LogP contribution is -2.30. The molecule has 2 rings (SSSR count). The summed E-state index contributed by atoms with van der Waals surface area (Å²) in [6.07, 6.45) is 4.34. The normalized spacial score (nSPS) is 15.5. The van der Waals surface area contributed by atoms with E-state index in [0.717, 1.165) is 42.6 Å². The number of rotatable bonds is 2. The van der Waals surface area contributed by atoms with Crippen molar-refractivity contribution in [1.82, 2.24) is 0 Å². The summed E-state index contributed by atoms with van der Waals surface area (Å²) in [7, 11) is 0. The highest BCUT2D eigenvalue weighted by molar-refractivity contribution is 5.94. The number of aliphatic hydroxyl groups is 1. The molecule has 20 heavy (non-hydrogen) atoms. The van der Waals surface area contributed by atoms with Crippen LogP contribution >= 0.6 is 0 Å². The molecule has 0 spiro atoms. The third kappa shape index (κ3) is 3.61. The molecule has 0 atom stereocenters. The molecule has 1 aliphatic heterocycles. The van der Waals surface area contributed by atoms with Crippen LogP contribution in [-0.4, -0.2) is 24.2 Å². The number of carbonyl (C=O) groups excluding carboxylic acids is 1. The maximum atomic E-state index is 12.1. The van der Waals surface area contributed by atoms with Gasteiger partial charge in [-0.2, -0.15) is 0 Å². The van der Waals surface area contributed by atoms with Crippen LogP contribution < -0.4 is 4.90 Å². The fraction of sp³-hybridized carbons (Fsp3) is 0.471. The lowest BCUT2D eigenvalue weighted by atomic mass is 10.1. The zero-order chi connectivity index (χ0) is 14.4. The third-order valence-electron chi connectivity index (χ3n) is 3.53. The van der Waals surface area contributed by atoms with Crippen LogP contribution in [0.4, 0.5) is 5.69 Å². The Hall–Kier alpha value is -1.79. The summed E-state index contributed by atoms with van der Waals surface area (Å²) in [5.74, 6) is 6.17. The molecular weight excluding hydrogens is 250 g/mol. The number of benzene rings is 1. The molecule has 0 aliphatic carbocycles. The van der Waals surface area contributed by atoms with Crippen molar-refractivity contribution in [3.63, 3.8) is 0 Å². The topological polar surface area (TPSA) is 40.5 Å². The third-order valence-corrected chi connectivity index (χ3v) is 3.53. The number of amides is 1. The predicted molar refractivity (Wildman–Crippen MR) is 80.6 cm³/mol. The largest absolute Gasteiger partial charge is 0.395 e. The fourth-order valence-electron chi connectivity index (χ4n) is 2.49. The molecule has 1 aromatic carbocycles. The molecule has 3 nitrogen and oxygen atoms in total. The summed E-state index contributed by atoms with van der Waals surface area (Å²) in [5, 5.41) is 8.72. The smallest absolute Gasteiger partial charge is 0.226 e. The highest BCUT2D eigenvalue weighted by Gasteiger charge is 2.19. The molecule has 106 valence electrons. The molecule has 1 heterocycles. The van der Waals surface area contributed by atoms with Gasteiger partial charge in [0.05, 0.1) is 6.61 Å². The number of hydrogen-bond acceptors (Lipinski definition) is 2. The first kappa shape index (κ1) is 14.6. The molecule has 0 unspecified atom stereocenters. The first-order valence-electron chi connectivity index (χ1n) is 7.23. The van der Waals surface area contributed by atoms with Gasteiger partial charge in [0.15, 0.2) is 0 Å². The summed E-state index contributed by atoms with van der Waals surface area (Å²) in [5.41, 5.74) is 3.02. The zero-order valence-corrected chi connectivity index (χ0v) is 12.0. The van der Waals surface area contributed by atoms with Gasteiger partial charge in [-0.1, -0.05) is 18.3 Å². The summed E-state index contributed by atoms with van der Waals surface area (Å²) < 4.78 is 0. The Labute approximate surface area is 120 Å². The monoisotopic (exact) mass is 271 g/mol. The maximum Gasteiger partial charge on any atom is 0.226 e. The van der Waals surface area contributed by atoms with Crippen LogP contribution in [0, 0.1) is 18.8 Å². The predicted octanol–water partition coefficient (Wildman–Crippen LogP) is 2.64. The van der Waals surface area contributed by atoms with E-state index in [1.807, 2.05) is 30.0 Å². The summed E-state index contributed by atoms with van der Waals surface area (Å²) in [6, 6.07) is 5.95. The number of aliphatic hydroxyl groups excluding tert-OH is 1. The Bertz CT molecular complexity index is 540. The Morgan fingerprint density at radius 2 is 2.15 bits per heavy atom. The Balaban J connectivity index is 2.20. The summed E-state index contributed by atoms with van der Waals surface area (Å²) in [6.45, 7) is 2.92. The van der Waals surface area contributed by atoms with E-state index in [-0.39, 0.29) is 12.5 Å². The highest BCUT2D eigenvalue weighted by atomic mass is 16.2. The molecule has 1 amide bonds. The second-order valence-corrected chi connectivity index (χ2v) is 5.13. The quantitative estimate of drug-likeness (QED) is 0.840. The summed E-state index contributed by atoms with van der Waals surface area (Å²) >= 11 is 0. The van der Waals surface area contributed by atoms with Crippen LogP contribution in [0.3, 0.4) is 0 Å². The Kier molecular flexibility index (Phi) is 5.20. The molecule has 1 aromatic rings. The van der Waals surface area contributed by atoms with E-state index in [2.05, 4.69) is 11.8 Å². The van der Waals surface area contributed by atoms with Gasteiger partial charge in [-0.05, 0) is 43.5 Å². The number of nitrogens with zero attached hydrogens (tertiary/aromatic N) is 1. The average molecular weight is 271 g/mol. The zero-order valence-electron chi connectivity index (χ0n) is 12.0. The molecule has 0 bridgehead atoms. The minimum Gasteiger partial charge on any atom is -0.395 e. The first-order chi connectivity index (χ1) is 9.72. The van der Waals surface area contributed by atoms with E-state index in [0.29, 0.717) is 12.8 Å². The molecule has 0 aromatic heterocycles. The van der Waals surface area contributed by atoms with Gasteiger partial charge in [0.25, 0.3) is 0 Å². The SMILES string of the molecule is Cc1cc(C#CCCO)ccc1N1CCCCCC1=O. The van der Waals surface area contributed by atoms with Gasteiger partial charge in [-0.15, -0.1) is 0 Å². The van der Waals surface area contributed by atoms with Gasteiger partial charge in [-0.25, -0.2) is 0 Å². The lowest BCUT2D eigenvalue weighted by Gasteiger charge is -2.22. The van der Waals surface area contributed by atoms with E-state index in [1.165, 1.54) is 0 Å². The fourth-order valence-corrected chi connectivity index (χ4v) is 2.49. The molecular formula is C17H21NO2. The Morgan fingerprint density at radius 3 is 2.90 bits per heavy atom. The van der Waals surface area contributed by atoms with E-state index in [9.17, 15) is 4.79 Å².